The average molecular weight is 225 g/mol. The van der Waals surface area contributed by atoms with E-state index in [4.69, 9.17) is 10.8 Å². The summed E-state index contributed by atoms with van der Waals surface area (Å²) >= 11 is 1.67. The fourth-order valence-corrected chi connectivity index (χ4v) is 2.02. The van der Waals surface area contributed by atoms with E-state index in [9.17, 15) is 4.79 Å². The summed E-state index contributed by atoms with van der Waals surface area (Å²) in [4.78, 5) is 11.7. The molecule has 1 unspecified atom stereocenters. The number of hydrogen-bond acceptors (Lipinski definition) is 3. The van der Waals surface area contributed by atoms with E-state index in [2.05, 4.69) is 0 Å². The third-order valence-corrected chi connectivity index (χ3v) is 3.14. The number of nitrogens with two attached hydrogens (primary N) is 1. The zero-order valence-electron chi connectivity index (χ0n) is 8.86. The Morgan fingerprint density at radius 2 is 2.27 bits per heavy atom. The fraction of sp³-hybridized carbons (Fsp3) is 0.364. The molecule has 0 heterocycles. The number of thioether (sulfide) groups is 1. The Labute approximate surface area is 93.7 Å². The highest BCUT2D eigenvalue weighted by molar-refractivity contribution is 7.98. The molecule has 0 aromatic heterocycles. The maximum absolute atomic E-state index is 10.5. The van der Waals surface area contributed by atoms with Gasteiger partial charge < -0.3 is 10.8 Å². The van der Waals surface area contributed by atoms with Crippen molar-refractivity contribution in [3.63, 3.8) is 0 Å². The van der Waals surface area contributed by atoms with Crippen LogP contribution in [-0.4, -0.2) is 17.3 Å². The Morgan fingerprint density at radius 3 is 2.73 bits per heavy atom. The van der Waals surface area contributed by atoms with Crippen LogP contribution in [0.15, 0.2) is 23.1 Å². The van der Waals surface area contributed by atoms with Crippen molar-refractivity contribution in [1.29, 1.82) is 0 Å². The first-order chi connectivity index (χ1) is 7.04. The molecule has 0 spiro atoms. The Bertz CT molecular complexity index is 366. The first-order valence-corrected chi connectivity index (χ1v) is 5.89. The summed E-state index contributed by atoms with van der Waals surface area (Å²) < 4.78 is 0. The molecule has 1 aromatic carbocycles. The lowest BCUT2D eigenvalue weighted by atomic mass is 10.0. The maximum Gasteiger partial charge on any atom is 0.305 e. The molecule has 0 bridgehead atoms. The van der Waals surface area contributed by atoms with Crippen LogP contribution in [0.1, 0.15) is 23.6 Å². The van der Waals surface area contributed by atoms with Gasteiger partial charge in [0.25, 0.3) is 0 Å². The second-order valence-corrected chi connectivity index (χ2v) is 4.28. The zero-order valence-corrected chi connectivity index (χ0v) is 9.67. The lowest BCUT2D eigenvalue weighted by Crippen LogP contribution is -2.15. The maximum atomic E-state index is 10.5. The first-order valence-electron chi connectivity index (χ1n) is 4.66. The van der Waals surface area contributed by atoms with Crippen molar-refractivity contribution in [1.82, 2.24) is 0 Å². The predicted molar refractivity (Wildman–Crippen MR) is 62.1 cm³/mol. The molecule has 82 valence electrons. The highest BCUT2D eigenvalue weighted by atomic mass is 32.2. The number of carboxylic acids is 1. The Hall–Kier alpha value is -1.00. The van der Waals surface area contributed by atoms with Crippen LogP contribution in [0.4, 0.5) is 0 Å². The van der Waals surface area contributed by atoms with Crippen molar-refractivity contribution in [2.75, 3.05) is 6.26 Å². The smallest absolute Gasteiger partial charge is 0.305 e. The van der Waals surface area contributed by atoms with Crippen molar-refractivity contribution >= 4 is 17.7 Å². The zero-order chi connectivity index (χ0) is 11.4. The molecule has 0 saturated heterocycles. The van der Waals surface area contributed by atoms with Gasteiger partial charge in [-0.05, 0) is 30.4 Å². The lowest BCUT2D eigenvalue weighted by Gasteiger charge is -2.11. The molecular formula is C11H15NO2S. The van der Waals surface area contributed by atoms with Crippen molar-refractivity contribution < 1.29 is 9.90 Å². The van der Waals surface area contributed by atoms with E-state index >= 15 is 0 Å². The summed E-state index contributed by atoms with van der Waals surface area (Å²) in [5, 5.41) is 8.63. The number of carbonyl (C=O) groups is 1. The normalized spacial score (nSPS) is 12.5. The van der Waals surface area contributed by atoms with Crippen molar-refractivity contribution in [2.45, 2.75) is 24.3 Å². The van der Waals surface area contributed by atoms with Crippen LogP contribution in [0.2, 0.25) is 0 Å². The summed E-state index contributed by atoms with van der Waals surface area (Å²) in [5.74, 6) is -0.867. The highest BCUT2D eigenvalue weighted by Gasteiger charge is 2.11. The molecule has 0 fully saturated rings. The van der Waals surface area contributed by atoms with E-state index < -0.39 is 12.0 Å². The highest BCUT2D eigenvalue weighted by Crippen LogP contribution is 2.23. The Morgan fingerprint density at radius 1 is 1.60 bits per heavy atom. The van der Waals surface area contributed by atoms with E-state index in [1.165, 1.54) is 4.90 Å². The van der Waals surface area contributed by atoms with Gasteiger partial charge in [-0.3, -0.25) is 4.79 Å². The van der Waals surface area contributed by atoms with Gasteiger partial charge in [0.1, 0.15) is 0 Å². The molecule has 0 aliphatic heterocycles. The second-order valence-electron chi connectivity index (χ2n) is 3.43. The molecule has 1 rings (SSSR count). The van der Waals surface area contributed by atoms with Gasteiger partial charge in [-0.15, -0.1) is 11.8 Å². The molecule has 1 atom stereocenters. The van der Waals surface area contributed by atoms with Gasteiger partial charge in [0.05, 0.1) is 6.42 Å². The molecule has 0 amide bonds. The summed E-state index contributed by atoms with van der Waals surface area (Å²) in [6, 6.07) is 5.42. The van der Waals surface area contributed by atoms with E-state index in [1.807, 2.05) is 31.4 Å². The van der Waals surface area contributed by atoms with Crippen LogP contribution in [-0.2, 0) is 4.79 Å². The summed E-state index contributed by atoms with van der Waals surface area (Å²) in [6.07, 6.45) is 1.98. The predicted octanol–water partition coefficient (Wildman–Crippen LogP) is 2.19. The van der Waals surface area contributed by atoms with Crippen LogP contribution in [0.3, 0.4) is 0 Å². The number of carboxylic acid groups (broad SMARTS) is 1. The largest absolute Gasteiger partial charge is 0.481 e. The lowest BCUT2D eigenvalue weighted by molar-refractivity contribution is -0.137. The van der Waals surface area contributed by atoms with Crippen LogP contribution in [0.25, 0.3) is 0 Å². The van der Waals surface area contributed by atoms with Gasteiger partial charge in [0.2, 0.25) is 0 Å². The molecule has 3 N–H and O–H groups in total. The number of benzene rings is 1. The first kappa shape index (κ1) is 12.1. The number of rotatable bonds is 4. The molecule has 0 saturated carbocycles. The van der Waals surface area contributed by atoms with E-state index in [0.717, 1.165) is 11.1 Å². The standard InChI is InChI=1S/C11H15NO2S/c1-7-5-8(3-4-10(7)15-2)9(12)6-11(13)14/h3-5,9H,6,12H2,1-2H3,(H,13,14). The van der Waals surface area contributed by atoms with Crippen molar-refractivity contribution in [2.24, 2.45) is 5.73 Å². The third-order valence-electron chi connectivity index (χ3n) is 2.24. The topological polar surface area (TPSA) is 63.3 Å². The minimum absolute atomic E-state index is 0.0297. The molecule has 15 heavy (non-hydrogen) atoms. The molecule has 0 aliphatic carbocycles. The molecule has 1 aromatic rings. The monoisotopic (exact) mass is 225 g/mol. The summed E-state index contributed by atoms with van der Waals surface area (Å²) in [7, 11) is 0. The summed E-state index contributed by atoms with van der Waals surface area (Å²) in [5.41, 5.74) is 7.79. The van der Waals surface area contributed by atoms with Crippen LogP contribution < -0.4 is 5.73 Å². The fourth-order valence-electron chi connectivity index (χ4n) is 1.44. The minimum Gasteiger partial charge on any atom is -0.481 e. The minimum atomic E-state index is -0.867. The van der Waals surface area contributed by atoms with E-state index in [1.54, 1.807) is 11.8 Å². The second kappa shape index (κ2) is 5.19. The van der Waals surface area contributed by atoms with Gasteiger partial charge in [-0.25, -0.2) is 0 Å². The van der Waals surface area contributed by atoms with E-state index in [0.29, 0.717) is 0 Å². The van der Waals surface area contributed by atoms with Gasteiger partial charge >= 0.3 is 5.97 Å². The molecule has 0 radical (unpaired) electrons. The number of hydrogen-bond donors (Lipinski definition) is 2. The Balaban J connectivity index is 2.87. The average Bonchev–Trinajstić information content (AvgIpc) is 2.16. The van der Waals surface area contributed by atoms with Crippen molar-refractivity contribution in [3.8, 4) is 0 Å². The Kier molecular flexibility index (Phi) is 4.17. The SMILES string of the molecule is CSc1ccc(C(N)CC(=O)O)cc1C. The number of aliphatic carboxylic acids is 1. The summed E-state index contributed by atoms with van der Waals surface area (Å²) in [6.45, 7) is 2.00. The van der Waals surface area contributed by atoms with Crippen molar-refractivity contribution in [3.05, 3.63) is 29.3 Å². The molecule has 0 aliphatic rings. The quantitative estimate of drug-likeness (QED) is 0.771. The third kappa shape index (κ3) is 3.25. The van der Waals surface area contributed by atoms with Crippen LogP contribution >= 0.6 is 11.8 Å². The van der Waals surface area contributed by atoms with Crippen LogP contribution in [0, 0.1) is 6.92 Å². The molecular weight excluding hydrogens is 210 g/mol. The van der Waals surface area contributed by atoms with Gasteiger partial charge in [0.15, 0.2) is 0 Å². The van der Waals surface area contributed by atoms with Gasteiger partial charge in [-0.2, -0.15) is 0 Å². The molecule has 4 heteroatoms. The van der Waals surface area contributed by atoms with Crippen LogP contribution in [0.5, 0.6) is 0 Å². The molecule has 3 nitrogen and oxygen atoms in total. The van der Waals surface area contributed by atoms with Gasteiger partial charge in [0, 0.05) is 10.9 Å². The van der Waals surface area contributed by atoms with E-state index in [-0.39, 0.29) is 6.42 Å². The number of aryl methyl sites for hydroxylation is 1. The van der Waals surface area contributed by atoms with Gasteiger partial charge in [-0.1, -0.05) is 12.1 Å².